The zero-order chi connectivity index (χ0) is 13.1. The summed E-state index contributed by atoms with van der Waals surface area (Å²) in [6.45, 7) is 1.97. The SMILES string of the molecule is Clc1ccc(CCNC2CCOC3(CCC3)C2)cc1. The van der Waals surface area contributed by atoms with Crippen molar-refractivity contribution >= 4 is 11.6 Å². The van der Waals surface area contributed by atoms with E-state index < -0.39 is 0 Å². The van der Waals surface area contributed by atoms with Gasteiger partial charge in [0, 0.05) is 17.7 Å². The van der Waals surface area contributed by atoms with Gasteiger partial charge in [0.25, 0.3) is 0 Å². The Labute approximate surface area is 120 Å². The van der Waals surface area contributed by atoms with E-state index in [0.717, 1.165) is 31.0 Å². The molecule has 1 atom stereocenters. The van der Waals surface area contributed by atoms with Crippen molar-refractivity contribution in [2.75, 3.05) is 13.2 Å². The second-order valence-corrected chi connectivity index (χ2v) is 6.34. The van der Waals surface area contributed by atoms with Gasteiger partial charge in [-0.1, -0.05) is 23.7 Å². The summed E-state index contributed by atoms with van der Waals surface area (Å²) in [6, 6.07) is 8.80. The van der Waals surface area contributed by atoms with Crippen LogP contribution in [0, 0.1) is 0 Å². The highest BCUT2D eigenvalue weighted by molar-refractivity contribution is 6.30. The van der Waals surface area contributed by atoms with Crippen LogP contribution in [0.1, 0.15) is 37.7 Å². The number of ether oxygens (including phenoxy) is 1. The Bertz CT molecular complexity index is 413. The summed E-state index contributed by atoms with van der Waals surface area (Å²) < 4.78 is 5.95. The molecular weight excluding hydrogens is 258 g/mol. The smallest absolute Gasteiger partial charge is 0.0697 e. The van der Waals surface area contributed by atoms with Crippen LogP contribution in [-0.4, -0.2) is 24.8 Å². The maximum Gasteiger partial charge on any atom is 0.0697 e. The summed E-state index contributed by atoms with van der Waals surface area (Å²) in [6.07, 6.45) is 7.31. The summed E-state index contributed by atoms with van der Waals surface area (Å²) >= 11 is 5.89. The maximum absolute atomic E-state index is 5.95. The molecule has 1 aliphatic heterocycles. The van der Waals surface area contributed by atoms with Gasteiger partial charge in [0.2, 0.25) is 0 Å². The van der Waals surface area contributed by atoms with Crippen LogP contribution < -0.4 is 5.32 Å². The summed E-state index contributed by atoms with van der Waals surface area (Å²) in [5, 5.41) is 4.51. The van der Waals surface area contributed by atoms with E-state index >= 15 is 0 Å². The van der Waals surface area contributed by atoms with Crippen molar-refractivity contribution in [2.45, 2.75) is 50.2 Å². The lowest BCUT2D eigenvalue weighted by Crippen LogP contribution is -2.51. The van der Waals surface area contributed by atoms with Crippen LogP contribution in [0.4, 0.5) is 0 Å². The van der Waals surface area contributed by atoms with Crippen LogP contribution in [0.15, 0.2) is 24.3 Å². The minimum atomic E-state index is 0.246. The molecule has 1 aromatic carbocycles. The van der Waals surface area contributed by atoms with Gasteiger partial charge in [-0.2, -0.15) is 0 Å². The minimum Gasteiger partial charge on any atom is -0.375 e. The van der Waals surface area contributed by atoms with Gasteiger partial charge in [-0.25, -0.2) is 0 Å². The molecule has 1 saturated heterocycles. The molecule has 19 heavy (non-hydrogen) atoms. The monoisotopic (exact) mass is 279 g/mol. The van der Waals surface area contributed by atoms with E-state index in [1.165, 1.54) is 31.2 Å². The molecule has 2 nitrogen and oxygen atoms in total. The number of nitrogens with one attached hydrogen (secondary N) is 1. The third kappa shape index (κ3) is 3.31. The van der Waals surface area contributed by atoms with Gasteiger partial charge >= 0.3 is 0 Å². The van der Waals surface area contributed by atoms with Gasteiger partial charge in [-0.3, -0.25) is 0 Å². The fourth-order valence-electron chi connectivity index (χ4n) is 3.19. The van der Waals surface area contributed by atoms with Crippen LogP contribution in [0.2, 0.25) is 5.02 Å². The molecule has 1 heterocycles. The third-order valence-corrected chi connectivity index (χ3v) is 4.77. The molecule has 0 aromatic heterocycles. The number of halogens is 1. The molecule has 1 aliphatic carbocycles. The van der Waals surface area contributed by atoms with E-state index in [9.17, 15) is 0 Å². The Morgan fingerprint density at radius 1 is 1.26 bits per heavy atom. The standard InChI is InChI=1S/C16H22ClNO/c17-14-4-2-13(3-5-14)6-10-18-15-7-11-19-16(12-15)8-1-9-16/h2-5,15,18H,1,6-12H2. The molecule has 3 heteroatoms. The lowest BCUT2D eigenvalue weighted by molar-refractivity contribution is -0.135. The predicted octanol–water partition coefficient (Wildman–Crippen LogP) is 3.57. The molecule has 2 fully saturated rings. The Morgan fingerprint density at radius 3 is 2.74 bits per heavy atom. The summed E-state index contributed by atoms with van der Waals surface area (Å²) in [5.41, 5.74) is 1.60. The average molecular weight is 280 g/mol. The van der Waals surface area contributed by atoms with Crippen LogP contribution in [0.25, 0.3) is 0 Å². The van der Waals surface area contributed by atoms with Crippen LogP contribution in [0.3, 0.4) is 0 Å². The van der Waals surface area contributed by atoms with E-state index in [1.807, 2.05) is 12.1 Å². The third-order valence-electron chi connectivity index (χ3n) is 4.52. The van der Waals surface area contributed by atoms with Crippen molar-refractivity contribution in [3.05, 3.63) is 34.9 Å². The van der Waals surface area contributed by atoms with Crippen molar-refractivity contribution in [1.29, 1.82) is 0 Å². The summed E-state index contributed by atoms with van der Waals surface area (Å²) in [7, 11) is 0. The van der Waals surface area contributed by atoms with Crippen molar-refractivity contribution < 1.29 is 4.74 Å². The normalized spacial score (nSPS) is 25.2. The molecule has 1 aromatic rings. The molecule has 3 rings (SSSR count). The Balaban J connectivity index is 1.43. The average Bonchev–Trinajstić information content (AvgIpc) is 2.40. The first-order valence-electron chi connectivity index (χ1n) is 7.38. The molecule has 1 N–H and O–H groups in total. The first-order chi connectivity index (χ1) is 9.26. The van der Waals surface area contributed by atoms with E-state index in [4.69, 9.17) is 16.3 Å². The lowest BCUT2D eigenvalue weighted by Gasteiger charge is -2.47. The molecule has 0 amide bonds. The number of rotatable bonds is 4. The van der Waals surface area contributed by atoms with Gasteiger partial charge in [0.05, 0.1) is 5.60 Å². The largest absolute Gasteiger partial charge is 0.375 e. The Morgan fingerprint density at radius 2 is 2.05 bits per heavy atom. The fourth-order valence-corrected chi connectivity index (χ4v) is 3.32. The molecule has 1 saturated carbocycles. The topological polar surface area (TPSA) is 21.3 Å². The van der Waals surface area contributed by atoms with Crippen molar-refractivity contribution in [2.24, 2.45) is 0 Å². The highest BCUT2D eigenvalue weighted by Gasteiger charge is 2.42. The van der Waals surface area contributed by atoms with Crippen LogP contribution >= 0.6 is 11.6 Å². The highest BCUT2D eigenvalue weighted by atomic mass is 35.5. The van der Waals surface area contributed by atoms with Gasteiger partial charge < -0.3 is 10.1 Å². The number of hydrogen-bond donors (Lipinski definition) is 1. The summed E-state index contributed by atoms with van der Waals surface area (Å²) in [4.78, 5) is 0. The maximum atomic E-state index is 5.95. The minimum absolute atomic E-state index is 0.246. The van der Waals surface area contributed by atoms with Crippen molar-refractivity contribution in [1.82, 2.24) is 5.32 Å². The predicted molar refractivity (Wildman–Crippen MR) is 78.7 cm³/mol. The first kappa shape index (κ1) is 13.4. The lowest BCUT2D eigenvalue weighted by atomic mass is 9.74. The van der Waals surface area contributed by atoms with Crippen molar-refractivity contribution in [3.8, 4) is 0 Å². The molecule has 0 radical (unpaired) electrons. The fraction of sp³-hybridized carbons (Fsp3) is 0.625. The molecule has 1 spiro atoms. The molecule has 2 aliphatic rings. The van der Waals surface area contributed by atoms with Gasteiger partial charge in [-0.15, -0.1) is 0 Å². The summed E-state index contributed by atoms with van der Waals surface area (Å²) in [5.74, 6) is 0. The van der Waals surface area contributed by atoms with Gasteiger partial charge in [-0.05, 0) is 62.8 Å². The Kier molecular flexibility index (Phi) is 4.11. The van der Waals surface area contributed by atoms with Gasteiger partial charge in [0.15, 0.2) is 0 Å². The molecular formula is C16H22ClNO. The van der Waals surface area contributed by atoms with E-state index in [2.05, 4.69) is 17.4 Å². The molecule has 0 bridgehead atoms. The van der Waals surface area contributed by atoms with Crippen LogP contribution in [0.5, 0.6) is 0 Å². The second kappa shape index (κ2) is 5.82. The first-order valence-corrected chi connectivity index (χ1v) is 7.75. The molecule has 1 unspecified atom stereocenters. The zero-order valence-corrected chi connectivity index (χ0v) is 12.1. The number of hydrogen-bond acceptors (Lipinski definition) is 2. The van der Waals surface area contributed by atoms with E-state index in [0.29, 0.717) is 6.04 Å². The van der Waals surface area contributed by atoms with Gasteiger partial charge in [0.1, 0.15) is 0 Å². The quantitative estimate of drug-likeness (QED) is 0.910. The molecule has 104 valence electrons. The number of benzene rings is 1. The Hall–Kier alpha value is -0.570. The van der Waals surface area contributed by atoms with Crippen LogP contribution in [-0.2, 0) is 11.2 Å². The highest BCUT2D eigenvalue weighted by Crippen LogP contribution is 2.42. The van der Waals surface area contributed by atoms with E-state index in [-0.39, 0.29) is 5.60 Å². The van der Waals surface area contributed by atoms with Crippen molar-refractivity contribution in [3.63, 3.8) is 0 Å². The zero-order valence-electron chi connectivity index (χ0n) is 11.3. The second-order valence-electron chi connectivity index (χ2n) is 5.91. The van der Waals surface area contributed by atoms with E-state index in [1.54, 1.807) is 0 Å².